The van der Waals surface area contributed by atoms with E-state index in [2.05, 4.69) is 52.8 Å². The third-order valence-corrected chi connectivity index (χ3v) is 4.65. The van der Waals surface area contributed by atoms with E-state index in [1.807, 2.05) is 12.1 Å². The second-order valence-electron chi connectivity index (χ2n) is 6.89. The molecular formula is C17H21BrClN3. The fourth-order valence-corrected chi connectivity index (χ4v) is 3.96. The number of nitrogens with one attached hydrogen (secondary N) is 1. The van der Waals surface area contributed by atoms with Gasteiger partial charge in [0.05, 0.1) is 12.2 Å². The Morgan fingerprint density at radius 1 is 1.32 bits per heavy atom. The molecular weight excluding hydrogens is 362 g/mol. The van der Waals surface area contributed by atoms with Crippen molar-refractivity contribution in [2.45, 2.75) is 45.7 Å². The molecule has 2 aromatic rings. The summed E-state index contributed by atoms with van der Waals surface area (Å²) in [5.41, 5.74) is 5.17. The van der Waals surface area contributed by atoms with E-state index in [1.165, 1.54) is 22.5 Å². The summed E-state index contributed by atoms with van der Waals surface area (Å²) >= 11 is 9.68. The maximum Gasteiger partial charge on any atom is 0.0725 e. The van der Waals surface area contributed by atoms with Gasteiger partial charge < -0.3 is 5.32 Å². The molecule has 2 heterocycles. The zero-order valence-corrected chi connectivity index (χ0v) is 15.6. The molecule has 1 aliphatic rings. The van der Waals surface area contributed by atoms with Crippen LogP contribution in [0, 0.1) is 0 Å². The second kappa shape index (κ2) is 5.99. The van der Waals surface area contributed by atoms with Crippen LogP contribution < -0.4 is 5.32 Å². The molecule has 0 amide bonds. The van der Waals surface area contributed by atoms with Crippen LogP contribution in [0.15, 0.2) is 22.7 Å². The van der Waals surface area contributed by atoms with E-state index >= 15 is 0 Å². The predicted molar refractivity (Wildman–Crippen MR) is 94.6 cm³/mol. The molecule has 0 atom stereocenters. The fraction of sp³-hybridized carbons (Fsp3) is 0.471. The maximum absolute atomic E-state index is 6.17. The number of aromatic nitrogens is 2. The van der Waals surface area contributed by atoms with Gasteiger partial charge in [-0.1, -0.05) is 48.3 Å². The van der Waals surface area contributed by atoms with Crippen molar-refractivity contribution in [2.75, 3.05) is 6.54 Å². The Balaban J connectivity index is 2.02. The third-order valence-electron chi connectivity index (χ3n) is 3.97. The summed E-state index contributed by atoms with van der Waals surface area (Å²) in [6.07, 6.45) is 1.03. The Kier molecular flexibility index (Phi) is 4.36. The summed E-state index contributed by atoms with van der Waals surface area (Å²) in [7, 11) is 0. The molecule has 22 heavy (non-hydrogen) atoms. The molecule has 1 N–H and O–H groups in total. The number of rotatable bonds is 2. The van der Waals surface area contributed by atoms with Crippen LogP contribution in [0.4, 0.5) is 0 Å². The lowest BCUT2D eigenvalue weighted by molar-refractivity contribution is 0.539. The first-order valence-electron chi connectivity index (χ1n) is 7.59. The van der Waals surface area contributed by atoms with Gasteiger partial charge in [0.2, 0.25) is 0 Å². The molecule has 5 heteroatoms. The summed E-state index contributed by atoms with van der Waals surface area (Å²) in [6, 6.07) is 6.03. The lowest BCUT2D eigenvalue weighted by Gasteiger charge is -2.20. The van der Waals surface area contributed by atoms with Crippen LogP contribution in [-0.2, 0) is 24.9 Å². The SMILES string of the molecule is CC(C)(C)c1nn(Cc2cc(Cl)cc(Br)c2)c2c1CNCC2. The molecule has 0 saturated heterocycles. The highest BCUT2D eigenvalue weighted by atomic mass is 79.9. The van der Waals surface area contributed by atoms with Gasteiger partial charge in [0, 0.05) is 45.7 Å². The summed E-state index contributed by atoms with van der Waals surface area (Å²) in [5.74, 6) is 0. The van der Waals surface area contributed by atoms with Crippen molar-refractivity contribution in [2.24, 2.45) is 0 Å². The summed E-state index contributed by atoms with van der Waals surface area (Å²) in [6.45, 7) is 9.37. The molecule has 0 bridgehead atoms. The van der Waals surface area contributed by atoms with Crippen molar-refractivity contribution < 1.29 is 0 Å². The highest BCUT2D eigenvalue weighted by Crippen LogP contribution is 2.30. The van der Waals surface area contributed by atoms with Crippen LogP contribution in [-0.4, -0.2) is 16.3 Å². The number of benzene rings is 1. The molecule has 1 aromatic heterocycles. The first-order valence-corrected chi connectivity index (χ1v) is 8.76. The Morgan fingerprint density at radius 3 is 2.77 bits per heavy atom. The quantitative estimate of drug-likeness (QED) is 0.839. The maximum atomic E-state index is 6.17. The molecule has 0 spiro atoms. The van der Waals surface area contributed by atoms with Crippen LogP contribution in [0.3, 0.4) is 0 Å². The van der Waals surface area contributed by atoms with Crippen molar-refractivity contribution in [3.05, 3.63) is 50.2 Å². The summed E-state index contributed by atoms with van der Waals surface area (Å²) in [4.78, 5) is 0. The Morgan fingerprint density at radius 2 is 2.09 bits per heavy atom. The van der Waals surface area contributed by atoms with Crippen LogP contribution >= 0.6 is 27.5 Å². The normalized spacial score (nSPS) is 15.0. The summed E-state index contributed by atoms with van der Waals surface area (Å²) < 4.78 is 3.17. The zero-order valence-electron chi connectivity index (χ0n) is 13.2. The lowest BCUT2D eigenvalue weighted by atomic mass is 9.88. The number of hydrogen-bond donors (Lipinski definition) is 1. The van der Waals surface area contributed by atoms with Crippen molar-refractivity contribution >= 4 is 27.5 Å². The van der Waals surface area contributed by atoms with E-state index < -0.39 is 0 Å². The first-order chi connectivity index (χ1) is 10.3. The number of hydrogen-bond acceptors (Lipinski definition) is 2. The lowest BCUT2D eigenvalue weighted by Crippen LogP contribution is -2.26. The van der Waals surface area contributed by atoms with E-state index in [9.17, 15) is 0 Å². The minimum absolute atomic E-state index is 0.0588. The van der Waals surface area contributed by atoms with Crippen molar-refractivity contribution in [1.29, 1.82) is 0 Å². The smallest absolute Gasteiger partial charge is 0.0725 e. The highest BCUT2D eigenvalue weighted by Gasteiger charge is 2.27. The third kappa shape index (κ3) is 3.24. The topological polar surface area (TPSA) is 29.9 Å². The number of halogens is 2. The van der Waals surface area contributed by atoms with Gasteiger partial charge in [-0.3, -0.25) is 4.68 Å². The van der Waals surface area contributed by atoms with Gasteiger partial charge in [0.25, 0.3) is 0 Å². The number of fused-ring (bicyclic) bond motifs is 1. The van der Waals surface area contributed by atoms with Crippen molar-refractivity contribution in [3.63, 3.8) is 0 Å². The minimum Gasteiger partial charge on any atom is -0.312 e. The van der Waals surface area contributed by atoms with E-state index in [0.29, 0.717) is 0 Å². The van der Waals surface area contributed by atoms with E-state index in [-0.39, 0.29) is 5.41 Å². The molecule has 0 aliphatic carbocycles. The van der Waals surface area contributed by atoms with Crippen LogP contribution in [0.25, 0.3) is 0 Å². The largest absolute Gasteiger partial charge is 0.312 e. The van der Waals surface area contributed by atoms with Gasteiger partial charge in [0.1, 0.15) is 0 Å². The molecule has 1 aromatic carbocycles. The van der Waals surface area contributed by atoms with Crippen molar-refractivity contribution in [1.82, 2.24) is 15.1 Å². The average Bonchev–Trinajstić information content (AvgIpc) is 2.77. The van der Waals surface area contributed by atoms with Gasteiger partial charge in [-0.2, -0.15) is 5.10 Å². The van der Waals surface area contributed by atoms with Gasteiger partial charge in [-0.15, -0.1) is 0 Å². The zero-order chi connectivity index (χ0) is 15.9. The molecule has 0 unspecified atom stereocenters. The minimum atomic E-state index is 0.0588. The van der Waals surface area contributed by atoms with E-state index in [4.69, 9.17) is 16.7 Å². The van der Waals surface area contributed by atoms with Crippen LogP contribution in [0.2, 0.25) is 5.02 Å². The van der Waals surface area contributed by atoms with Gasteiger partial charge >= 0.3 is 0 Å². The Hall–Kier alpha value is -0.840. The summed E-state index contributed by atoms with van der Waals surface area (Å²) in [5, 5.41) is 9.16. The van der Waals surface area contributed by atoms with Crippen molar-refractivity contribution in [3.8, 4) is 0 Å². The molecule has 1 aliphatic heterocycles. The standard InChI is InChI=1S/C17H21BrClN3/c1-17(2,3)16-14-9-20-5-4-15(14)22(21-16)10-11-6-12(18)8-13(19)7-11/h6-8,20H,4-5,9-10H2,1-3H3. The molecule has 0 radical (unpaired) electrons. The van der Waals surface area contributed by atoms with Gasteiger partial charge in [-0.05, 0) is 23.8 Å². The van der Waals surface area contributed by atoms with Gasteiger partial charge in [0.15, 0.2) is 0 Å². The molecule has 3 nitrogen and oxygen atoms in total. The van der Waals surface area contributed by atoms with Gasteiger partial charge in [-0.25, -0.2) is 0 Å². The monoisotopic (exact) mass is 381 g/mol. The predicted octanol–water partition coefficient (Wildman–Crippen LogP) is 4.29. The second-order valence-corrected chi connectivity index (χ2v) is 8.24. The van der Waals surface area contributed by atoms with Crippen LogP contribution in [0.1, 0.15) is 43.3 Å². The Bertz CT molecular complexity index is 680. The molecule has 0 saturated carbocycles. The first kappa shape index (κ1) is 16.0. The Labute approximate surface area is 145 Å². The molecule has 0 fully saturated rings. The van der Waals surface area contributed by atoms with E-state index in [0.717, 1.165) is 35.6 Å². The highest BCUT2D eigenvalue weighted by molar-refractivity contribution is 9.10. The van der Waals surface area contributed by atoms with Crippen LogP contribution in [0.5, 0.6) is 0 Å². The van der Waals surface area contributed by atoms with E-state index in [1.54, 1.807) is 0 Å². The molecule has 118 valence electrons. The molecule has 3 rings (SSSR count). The number of nitrogens with zero attached hydrogens (tertiary/aromatic N) is 2. The fourth-order valence-electron chi connectivity index (χ4n) is 3.03. The average molecular weight is 383 g/mol.